The second-order valence-electron chi connectivity index (χ2n) is 7.76. The van der Waals surface area contributed by atoms with E-state index >= 15 is 0 Å². The Bertz CT molecular complexity index is 851. The zero-order valence-electron chi connectivity index (χ0n) is 15.4. The third-order valence-electron chi connectivity index (χ3n) is 5.99. The number of benzene rings is 2. The van der Waals surface area contributed by atoms with Crippen LogP contribution in [-0.2, 0) is 11.3 Å². The number of nitrogens with zero attached hydrogens (tertiary/aromatic N) is 3. The molecule has 0 saturated carbocycles. The zero-order chi connectivity index (χ0) is 18.2. The van der Waals surface area contributed by atoms with Crippen molar-refractivity contribution in [3.63, 3.8) is 0 Å². The van der Waals surface area contributed by atoms with E-state index in [9.17, 15) is 4.39 Å². The molecular formula is C22H24FN3O. The number of oxime groups is 1. The average Bonchev–Trinajstić information content (AvgIpc) is 3.16. The molecule has 0 amide bonds. The Labute approximate surface area is 159 Å². The van der Waals surface area contributed by atoms with Crippen LogP contribution in [0.15, 0.2) is 53.7 Å². The van der Waals surface area contributed by atoms with Gasteiger partial charge >= 0.3 is 0 Å². The lowest BCUT2D eigenvalue weighted by Gasteiger charge is -2.46. The number of hydrogen-bond acceptors (Lipinski definition) is 4. The summed E-state index contributed by atoms with van der Waals surface area (Å²) in [5, 5.41) is 4.32. The summed E-state index contributed by atoms with van der Waals surface area (Å²) < 4.78 is 13.1. The monoisotopic (exact) mass is 365 g/mol. The lowest BCUT2D eigenvalue weighted by molar-refractivity contribution is 0.0856. The minimum Gasteiger partial charge on any atom is -0.387 e. The van der Waals surface area contributed by atoms with Gasteiger partial charge in [0.05, 0.1) is 5.71 Å². The van der Waals surface area contributed by atoms with Crippen molar-refractivity contribution >= 4 is 11.4 Å². The fourth-order valence-electron chi connectivity index (χ4n) is 4.59. The molecule has 0 radical (unpaired) electrons. The molecule has 0 spiro atoms. The van der Waals surface area contributed by atoms with E-state index in [1.54, 1.807) is 12.1 Å². The van der Waals surface area contributed by atoms with Gasteiger partial charge < -0.3 is 9.74 Å². The highest BCUT2D eigenvalue weighted by atomic mass is 19.1. The molecule has 2 unspecified atom stereocenters. The van der Waals surface area contributed by atoms with E-state index in [0.717, 1.165) is 43.9 Å². The molecule has 3 heterocycles. The summed E-state index contributed by atoms with van der Waals surface area (Å²) in [5.41, 5.74) is 4.99. The second-order valence-corrected chi connectivity index (χ2v) is 7.76. The molecule has 1 fully saturated rings. The molecule has 140 valence electrons. The van der Waals surface area contributed by atoms with Crippen LogP contribution in [0.5, 0.6) is 0 Å². The van der Waals surface area contributed by atoms with Gasteiger partial charge in [-0.15, -0.1) is 0 Å². The van der Waals surface area contributed by atoms with Crippen LogP contribution >= 0.6 is 0 Å². The smallest absolute Gasteiger partial charge is 0.157 e. The van der Waals surface area contributed by atoms with E-state index in [0.29, 0.717) is 6.04 Å². The van der Waals surface area contributed by atoms with Crippen LogP contribution in [-0.4, -0.2) is 42.8 Å². The van der Waals surface area contributed by atoms with E-state index in [-0.39, 0.29) is 11.9 Å². The molecule has 0 aromatic heterocycles. The predicted octanol–water partition coefficient (Wildman–Crippen LogP) is 3.78. The molecule has 4 nitrogen and oxygen atoms in total. The summed E-state index contributed by atoms with van der Waals surface area (Å²) in [4.78, 5) is 10.7. The van der Waals surface area contributed by atoms with Crippen molar-refractivity contribution in [1.29, 1.82) is 0 Å². The van der Waals surface area contributed by atoms with Crippen molar-refractivity contribution in [2.75, 3.05) is 31.1 Å². The first-order valence-corrected chi connectivity index (χ1v) is 9.80. The molecule has 2 atom stereocenters. The summed E-state index contributed by atoms with van der Waals surface area (Å²) in [7, 11) is 0. The van der Waals surface area contributed by atoms with E-state index in [1.165, 1.54) is 36.2 Å². The van der Waals surface area contributed by atoms with Gasteiger partial charge in [-0.3, -0.25) is 4.90 Å². The van der Waals surface area contributed by atoms with Crippen molar-refractivity contribution in [2.45, 2.75) is 31.4 Å². The Balaban J connectivity index is 1.20. The van der Waals surface area contributed by atoms with Gasteiger partial charge in [-0.2, -0.15) is 0 Å². The third-order valence-corrected chi connectivity index (χ3v) is 5.99. The fraction of sp³-hybridized carbons (Fsp3) is 0.409. The third kappa shape index (κ3) is 3.32. The van der Waals surface area contributed by atoms with Crippen molar-refractivity contribution in [1.82, 2.24) is 4.90 Å². The van der Waals surface area contributed by atoms with Crippen LogP contribution in [0.25, 0.3) is 0 Å². The van der Waals surface area contributed by atoms with Gasteiger partial charge in [0.1, 0.15) is 5.82 Å². The Hall–Kier alpha value is -2.40. The van der Waals surface area contributed by atoms with Crippen LogP contribution in [0.4, 0.5) is 10.1 Å². The van der Waals surface area contributed by atoms with E-state index in [4.69, 9.17) is 4.84 Å². The van der Waals surface area contributed by atoms with E-state index < -0.39 is 0 Å². The molecule has 0 bridgehead atoms. The minimum atomic E-state index is -0.218. The first-order valence-electron chi connectivity index (χ1n) is 9.80. The van der Waals surface area contributed by atoms with Crippen LogP contribution in [0.1, 0.15) is 30.1 Å². The highest BCUT2D eigenvalue weighted by molar-refractivity contribution is 5.87. The minimum absolute atomic E-state index is 0.0801. The standard InChI is InChI=1S/C22H24FN3O/c23-18-8-5-17(6-9-18)22-13-19(24-27-22)14-25-11-12-26-20(15-25)10-7-16-3-1-2-4-21(16)26/h1-6,8-9,20,22H,7,10-15H2. The number of anilines is 1. The topological polar surface area (TPSA) is 28.1 Å². The normalized spacial score (nSPS) is 24.8. The zero-order valence-corrected chi connectivity index (χ0v) is 15.4. The van der Waals surface area contributed by atoms with Crippen LogP contribution in [0.2, 0.25) is 0 Å². The molecule has 2 aromatic rings. The molecule has 5 heteroatoms. The first-order chi connectivity index (χ1) is 13.3. The average molecular weight is 365 g/mol. The van der Waals surface area contributed by atoms with Crippen LogP contribution in [0, 0.1) is 5.82 Å². The quantitative estimate of drug-likeness (QED) is 0.829. The number of halogens is 1. The molecule has 3 aliphatic rings. The Kier molecular flexibility index (Phi) is 4.32. The van der Waals surface area contributed by atoms with Crippen LogP contribution < -0.4 is 4.90 Å². The highest BCUT2D eigenvalue weighted by Gasteiger charge is 2.33. The maximum absolute atomic E-state index is 13.1. The Morgan fingerprint density at radius 2 is 1.93 bits per heavy atom. The number of para-hydroxylation sites is 1. The molecule has 5 rings (SSSR count). The van der Waals surface area contributed by atoms with Gasteiger partial charge in [0.2, 0.25) is 0 Å². The maximum atomic E-state index is 13.1. The molecule has 0 aliphatic carbocycles. The van der Waals surface area contributed by atoms with Gasteiger partial charge in [0, 0.05) is 44.3 Å². The maximum Gasteiger partial charge on any atom is 0.157 e. The van der Waals surface area contributed by atoms with E-state index in [2.05, 4.69) is 39.2 Å². The summed E-state index contributed by atoms with van der Waals surface area (Å²) in [6, 6.07) is 15.9. The van der Waals surface area contributed by atoms with E-state index in [1.807, 2.05) is 0 Å². The molecule has 27 heavy (non-hydrogen) atoms. The van der Waals surface area contributed by atoms with Gasteiger partial charge in [-0.25, -0.2) is 4.39 Å². The molecule has 2 aromatic carbocycles. The van der Waals surface area contributed by atoms with Gasteiger partial charge in [-0.05, 0) is 42.2 Å². The summed E-state index contributed by atoms with van der Waals surface area (Å²) in [5.74, 6) is -0.218. The van der Waals surface area contributed by atoms with Gasteiger partial charge in [0.15, 0.2) is 6.10 Å². The number of hydrogen-bond donors (Lipinski definition) is 0. The van der Waals surface area contributed by atoms with Gasteiger partial charge in [0.25, 0.3) is 0 Å². The van der Waals surface area contributed by atoms with Crippen molar-refractivity contribution in [3.05, 3.63) is 65.5 Å². The molecule has 0 N–H and O–H groups in total. The Morgan fingerprint density at radius 3 is 2.81 bits per heavy atom. The molecule has 1 saturated heterocycles. The number of piperazine rings is 1. The van der Waals surface area contributed by atoms with Crippen molar-refractivity contribution in [2.24, 2.45) is 5.16 Å². The largest absolute Gasteiger partial charge is 0.387 e. The summed E-state index contributed by atoms with van der Waals surface area (Å²) >= 11 is 0. The van der Waals surface area contributed by atoms with Crippen molar-refractivity contribution in [3.8, 4) is 0 Å². The molecule has 3 aliphatic heterocycles. The first kappa shape index (κ1) is 16.8. The summed E-state index contributed by atoms with van der Waals surface area (Å²) in [6.45, 7) is 4.06. The lowest BCUT2D eigenvalue weighted by Crippen LogP contribution is -2.55. The SMILES string of the molecule is Fc1ccc(C2CC(CN3CCN4c5ccccc5CCC4C3)=NO2)cc1. The van der Waals surface area contributed by atoms with Gasteiger partial charge in [-0.1, -0.05) is 35.5 Å². The highest BCUT2D eigenvalue weighted by Crippen LogP contribution is 2.33. The lowest BCUT2D eigenvalue weighted by atomic mass is 9.93. The number of rotatable bonds is 3. The van der Waals surface area contributed by atoms with Crippen LogP contribution in [0.3, 0.4) is 0 Å². The second kappa shape index (κ2) is 6.97. The predicted molar refractivity (Wildman–Crippen MR) is 105 cm³/mol. The summed E-state index contributed by atoms with van der Waals surface area (Å²) in [6.07, 6.45) is 3.10. The Morgan fingerprint density at radius 1 is 1.07 bits per heavy atom. The molecular weight excluding hydrogens is 341 g/mol. The number of aryl methyl sites for hydroxylation is 1. The number of fused-ring (bicyclic) bond motifs is 3. The van der Waals surface area contributed by atoms with Crippen molar-refractivity contribution < 1.29 is 9.23 Å². The fourth-order valence-corrected chi connectivity index (χ4v) is 4.59.